The van der Waals surface area contributed by atoms with E-state index in [4.69, 9.17) is 10.3 Å². The van der Waals surface area contributed by atoms with Gasteiger partial charge in [-0.05, 0) is 24.1 Å². The Balaban J connectivity index is 1.77. The Morgan fingerprint density at radius 2 is 1.72 bits per heavy atom. The van der Waals surface area contributed by atoms with Crippen molar-refractivity contribution >= 4 is 21.0 Å². The molecule has 0 atom stereocenters. The lowest BCUT2D eigenvalue weighted by atomic mass is 10.1. The second-order valence-corrected chi connectivity index (χ2v) is 7.77. The third-order valence-corrected chi connectivity index (χ3v) is 5.83. The molecular formula is C18H21N3O3S. The zero-order valence-corrected chi connectivity index (χ0v) is 14.7. The predicted octanol–water partition coefficient (Wildman–Crippen LogP) is 2.16. The van der Waals surface area contributed by atoms with Gasteiger partial charge in [0, 0.05) is 25.0 Å². The van der Waals surface area contributed by atoms with Gasteiger partial charge in [0.15, 0.2) is 5.58 Å². The van der Waals surface area contributed by atoms with Crippen LogP contribution in [0.5, 0.6) is 0 Å². The molecule has 0 amide bonds. The second-order valence-electron chi connectivity index (χ2n) is 5.80. The first kappa shape index (κ1) is 17.6. The summed E-state index contributed by atoms with van der Waals surface area (Å²) in [6.07, 6.45) is 0.639. The molecule has 7 heteroatoms. The van der Waals surface area contributed by atoms with Crippen molar-refractivity contribution in [3.63, 3.8) is 0 Å². The summed E-state index contributed by atoms with van der Waals surface area (Å²) in [5, 5.41) is 4.65. The largest absolute Gasteiger partial charge is 0.356 e. The summed E-state index contributed by atoms with van der Waals surface area (Å²) < 4.78 is 32.3. The lowest BCUT2D eigenvalue weighted by Crippen LogP contribution is -2.37. The van der Waals surface area contributed by atoms with Gasteiger partial charge in [-0.25, -0.2) is 8.42 Å². The fourth-order valence-corrected chi connectivity index (χ4v) is 4.23. The van der Waals surface area contributed by atoms with E-state index in [1.54, 1.807) is 6.07 Å². The number of nitrogens with zero attached hydrogens (tertiary/aromatic N) is 2. The highest BCUT2D eigenvalue weighted by atomic mass is 32.2. The van der Waals surface area contributed by atoms with Crippen LogP contribution in [0.2, 0.25) is 0 Å². The van der Waals surface area contributed by atoms with Crippen LogP contribution in [-0.4, -0.2) is 37.5 Å². The monoisotopic (exact) mass is 359 g/mol. The van der Waals surface area contributed by atoms with Crippen LogP contribution in [0.4, 0.5) is 0 Å². The van der Waals surface area contributed by atoms with E-state index in [2.05, 4.69) is 5.16 Å². The summed E-state index contributed by atoms with van der Waals surface area (Å²) in [5.41, 5.74) is 7.72. The summed E-state index contributed by atoms with van der Waals surface area (Å²) in [7, 11) is -3.54. The normalized spacial score (nSPS) is 12.1. The Kier molecular flexibility index (Phi) is 5.47. The van der Waals surface area contributed by atoms with Crippen molar-refractivity contribution in [3.05, 3.63) is 65.9 Å². The fourth-order valence-electron chi connectivity index (χ4n) is 2.74. The highest BCUT2D eigenvalue weighted by Crippen LogP contribution is 2.21. The summed E-state index contributed by atoms with van der Waals surface area (Å²) in [6.45, 7) is 0.942. The van der Waals surface area contributed by atoms with Crippen molar-refractivity contribution in [2.24, 2.45) is 5.73 Å². The van der Waals surface area contributed by atoms with Gasteiger partial charge >= 0.3 is 0 Å². The summed E-state index contributed by atoms with van der Waals surface area (Å²) >= 11 is 0. The SMILES string of the molecule is NCCN(CCc1ccccc1)S(=O)(=O)Cc1noc2ccccc12. The second kappa shape index (κ2) is 7.77. The van der Waals surface area contributed by atoms with E-state index < -0.39 is 10.0 Å². The molecule has 132 valence electrons. The number of fused-ring (bicyclic) bond motifs is 1. The van der Waals surface area contributed by atoms with Gasteiger partial charge < -0.3 is 10.3 Å². The zero-order valence-electron chi connectivity index (χ0n) is 13.8. The molecule has 0 aliphatic rings. The maximum absolute atomic E-state index is 12.8. The summed E-state index contributed by atoms with van der Waals surface area (Å²) in [6, 6.07) is 17.0. The average molecular weight is 359 g/mol. The molecular weight excluding hydrogens is 338 g/mol. The van der Waals surface area contributed by atoms with Gasteiger partial charge in [0.25, 0.3) is 0 Å². The molecule has 25 heavy (non-hydrogen) atoms. The number of sulfonamides is 1. The maximum atomic E-state index is 12.8. The van der Waals surface area contributed by atoms with Crippen LogP contribution >= 0.6 is 0 Å². The first-order valence-corrected chi connectivity index (χ1v) is 9.76. The fraction of sp³-hybridized carbons (Fsp3) is 0.278. The van der Waals surface area contributed by atoms with Gasteiger partial charge in [-0.3, -0.25) is 0 Å². The number of hydrogen-bond acceptors (Lipinski definition) is 5. The smallest absolute Gasteiger partial charge is 0.220 e. The van der Waals surface area contributed by atoms with Gasteiger partial charge in [-0.2, -0.15) is 4.31 Å². The number of hydrogen-bond donors (Lipinski definition) is 1. The van der Waals surface area contributed by atoms with E-state index in [1.807, 2.05) is 48.5 Å². The molecule has 1 heterocycles. The van der Waals surface area contributed by atoms with Crippen LogP contribution in [0.3, 0.4) is 0 Å². The lowest BCUT2D eigenvalue weighted by Gasteiger charge is -2.21. The Morgan fingerprint density at radius 3 is 2.48 bits per heavy atom. The Morgan fingerprint density at radius 1 is 1.00 bits per heavy atom. The van der Waals surface area contributed by atoms with E-state index in [9.17, 15) is 8.42 Å². The number of para-hydroxylation sites is 1. The molecule has 2 N–H and O–H groups in total. The zero-order chi connectivity index (χ0) is 17.7. The van der Waals surface area contributed by atoms with E-state index in [0.717, 1.165) is 10.9 Å². The van der Waals surface area contributed by atoms with E-state index in [-0.39, 0.29) is 18.8 Å². The molecule has 0 saturated carbocycles. The molecule has 6 nitrogen and oxygen atoms in total. The topological polar surface area (TPSA) is 89.4 Å². The van der Waals surface area contributed by atoms with E-state index in [0.29, 0.717) is 24.2 Å². The first-order valence-electron chi connectivity index (χ1n) is 8.15. The number of nitrogens with two attached hydrogens (primary N) is 1. The van der Waals surface area contributed by atoms with Crippen molar-refractivity contribution in [2.75, 3.05) is 19.6 Å². The third-order valence-electron chi connectivity index (χ3n) is 4.04. The average Bonchev–Trinajstić information content (AvgIpc) is 3.02. The number of benzene rings is 2. The van der Waals surface area contributed by atoms with E-state index in [1.165, 1.54) is 4.31 Å². The van der Waals surface area contributed by atoms with Crippen LogP contribution in [-0.2, 0) is 22.2 Å². The van der Waals surface area contributed by atoms with Crippen molar-refractivity contribution in [2.45, 2.75) is 12.2 Å². The molecule has 0 radical (unpaired) electrons. The maximum Gasteiger partial charge on any atom is 0.220 e. The molecule has 0 bridgehead atoms. The highest BCUT2D eigenvalue weighted by molar-refractivity contribution is 7.88. The third kappa shape index (κ3) is 4.25. The quantitative estimate of drug-likeness (QED) is 0.666. The molecule has 1 aromatic heterocycles. The van der Waals surface area contributed by atoms with Gasteiger partial charge in [-0.1, -0.05) is 47.6 Å². The van der Waals surface area contributed by atoms with Crippen molar-refractivity contribution < 1.29 is 12.9 Å². The first-order chi connectivity index (χ1) is 12.1. The standard InChI is InChI=1S/C18H21N3O3S/c19-11-13-21(12-10-15-6-2-1-3-7-15)25(22,23)14-17-16-8-4-5-9-18(16)24-20-17/h1-9H,10-14,19H2. The number of rotatable bonds is 8. The molecule has 0 unspecified atom stereocenters. The molecule has 0 fully saturated rings. The summed E-state index contributed by atoms with van der Waals surface area (Å²) in [4.78, 5) is 0. The molecule has 0 aliphatic heterocycles. The minimum absolute atomic E-state index is 0.196. The Labute approximate surface area is 147 Å². The van der Waals surface area contributed by atoms with Gasteiger partial charge in [0.2, 0.25) is 10.0 Å². The molecule has 3 aromatic rings. The van der Waals surface area contributed by atoms with Gasteiger partial charge in [0.1, 0.15) is 11.4 Å². The molecule has 2 aromatic carbocycles. The van der Waals surface area contributed by atoms with Crippen LogP contribution in [0.15, 0.2) is 59.1 Å². The lowest BCUT2D eigenvalue weighted by molar-refractivity contribution is 0.417. The number of aromatic nitrogens is 1. The van der Waals surface area contributed by atoms with Crippen molar-refractivity contribution in [3.8, 4) is 0 Å². The van der Waals surface area contributed by atoms with Crippen LogP contribution in [0, 0.1) is 0 Å². The predicted molar refractivity (Wildman–Crippen MR) is 97.4 cm³/mol. The van der Waals surface area contributed by atoms with Gasteiger partial charge in [-0.15, -0.1) is 0 Å². The molecule has 0 saturated heterocycles. The Bertz CT molecular complexity index is 923. The minimum atomic E-state index is -3.54. The minimum Gasteiger partial charge on any atom is -0.356 e. The van der Waals surface area contributed by atoms with Crippen molar-refractivity contribution in [1.29, 1.82) is 0 Å². The summed E-state index contributed by atoms with van der Waals surface area (Å²) in [5.74, 6) is -0.196. The molecule has 0 spiro atoms. The van der Waals surface area contributed by atoms with Crippen LogP contribution in [0.1, 0.15) is 11.3 Å². The van der Waals surface area contributed by atoms with Crippen LogP contribution < -0.4 is 5.73 Å². The van der Waals surface area contributed by atoms with Crippen LogP contribution in [0.25, 0.3) is 11.0 Å². The van der Waals surface area contributed by atoms with Gasteiger partial charge in [0.05, 0.1) is 0 Å². The molecule has 0 aliphatic carbocycles. The van der Waals surface area contributed by atoms with E-state index >= 15 is 0 Å². The highest BCUT2D eigenvalue weighted by Gasteiger charge is 2.24. The molecule has 3 rings (SSSR count). The van der Waals surface area contributed by atoms with Crippen molar-refractivity contribution in [1.82, 2.24) is 9.46 Å². The Hall–Kier alpha value is -2.22.